The van der Waals surface area contributed by atoms with Crippen LogP contribution in [-0.4, -0.2) is 13.2 Å². The first-order valence-corrected chi connectivity index (χ1v) is 5.11. The molecule has 1 nitrogen and oxygen atoms in total. The topological polar surface area (TPSA) is 9.23 Å². The molecule has 1 heterocycles. The second kappa shape index (κ2) is 4.61. The molecule has 1 atom stereocenters. The van der Waals surface area contributed by atoms with Gasteiger partial charge in [-0.3, -0.25) is 0 Å². The molecule has 1 rings (SSSR count). The van der Waals surface area contributed by atoms with E-state index in [-0.39, 0.29) is 5.41 Å². The maximum absolute atomic E-state index is 5.46. The van der Waals surface area contributed by atoms with Crippen molar-refractivity contribution in [2.24, 2.45) is 11.3 Å². The van der Waals surface area contributed by atoms with Crippen LogP contribution in [0.25, 0.3) is 0 Å². The Bertz CT molecular complexity index is 253. The van der Waals surface area contributed by atoms with Gasteiger partial charge in [0.15, 0.2) is 0 Å². The smallest absolute Gasteiger partial charge is 0.0684 e. The van der Waals surface area contributed by atoms with E-state index < -0.39 is 0 Å². The molecule has 0 aliphatic carbocycles. The second-order valence-corrected chi connectivity index (χ2v) is 4.83. The molecule has 78 valence electrons. The van der Waals surface area contributed by atoms with Gasteiger partial charge in [0.05, 0.1) is 13.2 Å². The zero-order valence-electron chi connectivity index (χ0n) is 9.42. The molecule has 1 saturated heterocycles. The predicted molar refractivity (Wildman–Crippen MR) is 61.2 cm³/mol. The fourth-order valence-corrected chi connectivity index (χ4v) is 1.61. The zero-order chi connectivity index (χ0) is 10.6. The highest BCUT2D eigenvalue weighted by atomic mass is 16.5. The van der Waals surface area contributed by atoms with Crippen LogP contribution in [0.4, 0.5) is 0 Å². The van der Waals surface area contributed by atoms with Crippen LogP contribution in [0.5, 0.6) is 0 Å². The van der Waals surface area contributed by atoms with Crippen LogP contribution in [0.1, 0.15) is 20.8 Å². The maximum atomic E-state index is 5.46. The van der Waals surface area contributed by atoms with Crippen LogP contribution >= 0.6 is 0 Å². The average molecular weight is 192 g/mol. The van der Waals surface area contributed by atoms with Crippen molar-refractivity contribution in [2.75, 3.05) is 13.2 Å². The highest BCUT2D eigenvalue weighted by Crippen LogP contribution is 2.27. The van der Waals surface area contributed by atoms with Gasteiger partial charge in [-0.15, -0.1) is 0 Å². The van der Waals surface area contributed by atoms with Gasteiger partial charge in [-0.05, 0) is 11.0 Å². The van der Waals surface area contributed by atoms with Gasteiger partial charge in [-0.25, -0.2) is 0 Å². The van der Waals surface area contributed by atoms with Crippen LogP contribution in [0.3, 0.4) is 0 Å². The quantitative estimate of drug-likeness (QED) is 0.481. The van der Waals surface area contributed by atoms with Crippen molar-refractivity contribution < 1.29 is 4.74 Å². The fraction of sp³-hybridized carbons (Fsp3) is 0.538. The molecule has 1 aliphatic rings. The van der Waals surface area contributed by atoms with Crippen molar-refractivity contribution in [3.63, 3.8) is 0 Å². The first-order valence-electron chi connectivity index (χ1n) is 5.11. The molecule has 0 bridgehead atoms. The summed E-state index contributed by atoms with van der Waals surface area (Å²) >= 11 is 0. The van der Waals surface area contributed by atoms with Gasteiger partial charge in [0.25, 0.3) is 0 Å². The lowest BCUT2D eigenvalue weighted by molar-refractivity contribution is 0.195. The Morgan fingerprint density at radius 2 is 2.14 bits per heavy atom. The molecule has 14 heavy (non-hydrogen) atoms. The van der Waals surface area contributed by atoms with Gasteiger partial charge in [-0.2, -0.15) is 0 Å². The summed E-state index contributed by atoms with van der Waals surface area (Å²) in [6, 6.07) is 0. The van der Waals surface area contributed by atoms with Gasteiger partial charge < -0.3 is 4.74 Å². The Balaban J connectivity index is 2.73. The van der Waals surface area contributed by atoms with Crippen LogP contribution in [0.15, 0.2) is 36.5 Å². The van der Waals surface area contributed by atoms with Crippen LogP contribution in [0, 0.1) is 11.3 Å². The molecule has 0 aromatic heterocycles. The molecular weight excluding hydrogens is 172 g/mol. The van der Waals surface area contributed by atoms with E-state index in [1.807, 2.05) is 12.2 Å². The normalized spacial score (nSPS) is 26.2. The van der Waals surface area contributed by atoms with E-state index in [9.17, 15) is 0 Å². The van der Waals surface area contributed by atoms with Gasteiger partial charge in [0.1, 0.15) is 0 Å². The number of hydrogen-bond acceptors (Lipinski definition) is 1. The Kier molecular flexibility index (Phi) is 3.70. The Hall–Kier alpha value is -0.820. The van der Waals surface area contributed by atoms with Crippen molar-refractivity contribution in [1.82, 2.24) is 0 Å². The molecule has 0 amide bonds. The fourth-order valence-electron chi connectivity index (χ4n) is 1.61. The third-order valence-corrected chi connectivity index (χ3v) is 2.14. The molecule has 1 aliphatic heterocycles. The van der Waals surface area contributed by atoms with Crippen LogP contribution in [0.2, 0.25) is 0 Å². The standard InChI is InChI=1S/C13H20O/c1-5-6-7-11-9-14-10-12(11)8-13(2,3)4/h5-8,11H,1,9-10H2,2-4H3/b7-6+,12-8-. The maximum Gasteiger partial charge on any atom is 0.0684 e. The van der Waals surface area contributed by atoms with E-state index in [0.717, 1.165) is 13.2 Å². The minimum absolute atomic E-state index is 0.239. The number of ether oxygens (including phenoxy) is 1. The van der Waals surface area contributed by atoms with Gasteiger partial charge in [-0.1, -0.05) is 51.7 Å². The minimum atomic E-state index is 0.239. The molecule has 0 aromatic carbocycles. The lowest BCUT2D eigenvalue weighted by atomic mass is 9.90. The second-order valence-electron chi connectivity index (χ2n) is 4.83. The summed E-state index contributed by atoms with van der Waals surface area (Å²) in [5.41, 5.74) is 1.64. The van der Waals surface area contributed by atoms with Crippen molar-refractivity contribution in [3.8, 4) is 0 Å². The zero-order valence-corrected chi connectivity index (χ0v) is 9.42. The lowest BCUT2D eigenvalue weighted by Crippen LogP contribution is -2.05. The van der Waals surface area contributed by atoms with E-state index in [0.29, 0.717) is 5.92 Å². The third-order valence-electron chi connectivity index (χ3n) is 2.14. The number of hydrogen-bond donors (Lipinski definition) is 0. The molecule has 0 aromatic rings. The monoisotopic (exact) mass is 192 g/mol. The number of allylic oxidation sites excluding steroid dienone is 3. The van der Waals surface area contributed by atoms with E-state index >= 15 is 0 Å². The summed E-state index contributed by atoms with van der Waals surface area (Å²) in [5.74, 6) is 0.451. The Morgan fingerprint density at radius 1 is 1.43 bits per heavy atom. The molecule has 1 heteroatoms. The van der Waals surface area contributed by atoms with Crippen LogP contribution in [-0.2, 0) is 4.74 Å². The summed E-state index contributed by atoms with van der Waals surface area (Å²) in [6.07, 6.45) is 8.29. The first-order chi connectivity index (χ1) is 6.53. The van der Waals surface area contributed by atoms with Crippen molar-refractivity contribution in [3.05, 3.63) is 36.5 Å². The average Bonchev–Trinajstić information content (AvgIpc) is 2.45. The van der Waals surface area contributed by atoms with Gasteiger partial charge in [0.2, 0.25) is 0 Å². The number of rotatable bonds is 2. The molecule has 0 saturated carbocycles. The summed E-state index contributed by atoms with van der Waals surface area (Å²) in [4.78, 5) is 0. The lowest BCUT2D eigenvalue weighted by Gasteiger charge is -2.15. The first kappa shape index (κ1) is 11.3. The molecule has 1 fully saturated rings. The summed E-state index contributed by atoms with van der Waals surface area (Å²) in [7, 11) is 0. The van der Waals surface area contributed by atoms with Gasteiger partial charge in [0, 0.05) is 5.92 Å². The highest BCUT2D eigenvalue weighted by molar-refractivity contribution is 5.21. The SMILES string of the molecule is C=C/C=C/C1COC/C1=C/C(C)(C)C. The van der Waals surface area contributed by atoms with E-state index in [2.05, 4.69) is 39.5 Å². The molecule has 0 spiro atoms. The summed E-state index contributed by atoms with van der Waals surface area (Å²) < 4.78 is 5.46. The largest absolute Gasteiger partial charge is 0.376 e. The van der Waals surface area contributed by atoms with Crippen molar-refractivity contribution >= 4 is 0 Å². The van der Waals surface area contributed by atoms with E-state index in [4.69, 9.17) is 4.74 Å². The Labute approximate surface area is 87.2 Å². The molecule has 0 radical (unpaired) electrons. The summed E-state index contributed by atoms with van der Waals surface area (Å²) in [6.45, 7) is 11.9. The summed E-state index contributed by atoms with van der Waals surface area (Å²) in [5, 5.41) is 0. The van der Waals surface area contributed by atoms with E-state index in [1.165, 1.54) is 5.57 Å². The van der Waals surface area contributed by atoms with Crippen molar-refractivity contribution in [1.29, 1.82) is 0 Å². The van der Waals surface area contributed by atoms with Gasteiger partial charge >= 0.3 is 0 Å². The molecular formula is C13H20O. The highest BCUT2D eigenvalue weighted by Gasteiger charge is 2.21. The molecule has 0 N–H and O–H groups in total. The Morgan fingerprint density at radius 3 is 2.71 bits per heavy atom. The molecule has 1 unspecified atom stereocenters. The minimum Gasteiger partial charge on any atom is -0.376 e. The predicted octanol–water partition coefficient (Wildman–Crippen LogP) is 3.35. The van der Waals surface area contributed by atoms with Crippen molar-refractivity contribution in [2.45, 2.75) is 20.8 Å². The van der Waals surface area contributed by atoms with E-state index in [1.54, 1.807) is 0 Å². The van der Waals surface area contributed by atoms with Crippen LogP contribution < -0.4 is 0 Å². The third kappa shape index (κ3) is 3.51.